The lowest BCUT2D eigenvalue weighted by atomic mass is 10.3. The molecule has 58 valence electrons. The maximum Gasteiger partial charge on any atom is 0.0176 e. The Morgan fingerprint density at radius 1 is 1.30 bits per heavy atom. The average molecular weight is 179 g/mol. The highest BCUT2D eigenvalue weighted by molar-refractivity contribution is 6.30. The molecule has 0 fully saturated rings. The highest BCUT2D eigenvalue weighted by Crippen LogP contribution is 2.13. The van der Waals surface area contributed by atoms with Crippen LogP contribution in [0.3, 0.4) is 0 Å². The van der Waals surface area contributed by atoms with Gasteiger partial charge in [-0.15, -0.1) is 0 Å². The van der Waals surface area contributed by atoms with Crippen LogP contribution in [0.5, 0.6) is 0 Å². The van der Waals surface area contributed by atoms with E-state index in [1.165, 1.54) is 0 Å². The van der Waals surface area contributed by atoms with E-state index in [1.807, 2.05) is 26.0 Å². The van der Waals surface area contributed by atoms with Gasteiger partial charge in [0.15, 0.2) is 0 Å². The van der Waals surface area contributed by atoms with Crippen LogP contribution in [-0.4, -0.2) is 0 Å². The van der Waals surface area contributed by atoms with E-state index < -0.39 is 0 Å². The molecule has 0 heterocycles. The molecule has 0 aromatic heterocycles. The molecule has 0 aromatic rings. The SMILES string of the molecule is C/C=C(/Cl)C/C=C(/Cl)CC. The molecular formula is C8H12Cl2. The van der Waals surface area contributed by atoms with E-state index >= 15 is 0 Å². The lowest BCUT2D eigenvalue weighted by Gasteiger charge is -1.92. The van der Waals surface area contributed by atoms with Gasteiger partial charge in [-0.25, -0.2) is 0 Å². The monoisotopic (exact) mass is 178 g/mol. The molecule has 2 heteroatoms. The molecule has 0 aliphatic heterocycles. The summed E-state index contributed by atoms with van der Waals surface area (Å²) in [6.45, 7) is 3.93. The number of halogens is 2. The van der Waals surface area contributed by atoms with Crippen molar-refractivity contribution in [2.45, 2.75) is 26.7 Å². The van der Waals surface area contributed by atoms with Gasteiger partial charge in [0.25, 0.3) is 0 Å². The van der Waals surface area contributed by atoms with E-state index in [1.54, 1.807) is 0 Å². The lowest BCUT2D eigenvalue weighted by Crippen LogP contribution is -1.70. The van der Waals surface area contributed by atoms with E-state index in [2.05, 4.69) is 0 Å². The van der Waals surface area contributed by atoms with Crippen LogP contribution in [0.1, 0.15) is 26.7 Å². The Morgan fingerprint density at radius 2 is 1.90 bits per heavy atom. The number of hydrogen-bond donors (Lipinski definition) is 0. The summed E-state index contributed by atoms with van der Waals surface area (Å²) in [5.41, 5.74) is 0. The van der Waals surface area contributed by atoms with Gasteiger partial charge < -0.3 is 0 Å². The summed E-state index contributed by atoms with van der Waals surface area (Å²) in [5.74, 6) is 0. The molecule has 0 saturated carbocycles. The van der Waals surface area contributed by atoms with E-state index in [0.29, 0.717) is 0 Å². The quantitative estimate of drug-likeness (QED) is 0.612. The molecule has 0 aromatic carbocycles. The largest absolute Gasteiger partial charge is 0.0895 e. The molecule has 0 unspecified atom stereocenters. The van der Waals surface area contributed by atoms with E-state index in [9.17, 15) is 0 Å². The van der Waals surface area contributed by atoms with Crippen LogP contribution < -0.4 is 0 Å². The smallest absolute Gasteiger partial charge is 0.0176 e. The van der Waals surface area contributed by atoms with Gasteiger partial charge in [-0.3, -0.25) is 0 Å². The highest BCUT2D eigenvalue weighted by atomic mass is 35.5. The molecule has 0 N–H and O–H groups in total. The summed E-state index contributed by atoms with van der Waals surface area (Å²) < 4.78 is 0. The van der Waals surface area contributed by atoms with Crippen molar-refractivity contribution in [3.05, 3.63) is 22.2 Å². The predicted molar refractivity (Wildman–Crippen MR) is 48.5 cm³/mol. The number of rotatable bonds is 3. The van der Waals surface area contributed by atoms with Crippen molar-refractivity contribution in [3.63, 3.8) is 0 Å². The molecule has 0 aliphatic rings. The zero-order valence-electron chi connectivity index (χ0n) is 6.32. The Morgan fingerprint density at radius 3 is 2.30 bits per heavy atom. The van der Waals surface area contributed by atoms with Gasteiger partial charge in [0, 0.05) is 16.5 Å². The van der Waals surface area contributed by atoms with Gasteiger partial charge in [0.1, 0.15) is 0 Å². The third-order valence-electron chi connectivity index (χ3n) is 1.17. The predicted octanol–water partition coefficient (Wildman–Crippen LogP) is 4.05. The molecule has 0 atom stereocenters. The van der Waals surface area contributed by atoms with Crippen molar-refractivity contribution in [1.29, 1.82) is 0 Å². The Bertz CT molecular complexity index is 145. The van der Waals surface area contributed by atoms with E-state index in [0.717, 1.165) is 22.9 Å². The Hall–Kier alpha value is 0.0600. The lowest BCUT2D eigenvalue weighted by molar-refractivity contribution is 1.16. The second-order valence-electron chi connectivity index (χ2n) is 1.94. The Balaban J connectivity index is 3.72. The van der Waals surface area contributed by atoms with Crippen molar-refractivity contribution in [1.82, 2.24) is 0 Å². The summed E-state index contributed by atoms with van der Waals surface area (Å²) >= 11 is 11.5. The average Bonchev–Trinajstić information content (AvgIpc) is 1.99. The molecule has 0 spiro atoms. The molecule has 10 heavy (non-hydrogen) atoms. The maximum atomic E-state index is 5.74. The molecule has 0 aliphatic carbocycles. The summed E-state index contributed by atoms with van der Waals surface area (Å²) in [7, 11) is 0. The molecule has 0 saturated heterocycles. The number of allylic oxidation sites excluding steroid dienone is 4. The first kappa shape index (κ1) is 10.1. The maximum absolute atomic E-state index is 5.74. The molecule has 0 rings (SSSR count). The standard InChI is InChI=1S/C8H12Cl2/c1-3-7(9)5-6-8(10)4-2/h3,6H,4-5H2,1-2H3/b7-3+,8-6+. The third kappa shape index (κ3) is 4.89. The summed E-state index contributed by atoms with van der Waals surface area (Å²) in [5, 5.41) is 1.71. The molecule has 0 bridgehead atoms. The normalized spacial score (nSPS) is 14.0. The molecule has 0 amide bonds. The van der Waals surface area contributed by atoms with Crippen molar-refractivity contribution in [2.24, 2.45) is 0 Å². The Kier molecular flexibility index (Phi) is 5.85. The minimum atomic E-state index is 0.755. The van der Waals surface area contributed by atoms with Crippen LogP contribution in [0.25, 0.3) is 0 Å². The van der Waals surface area contributed by atoms with Gasteiger partial charge in [-0.1, -0.05) is 42.3 Å². The highest BCUT2D eigenvalue weighted by Gasteiger charge is 1.88. The van der Waals surface area contributed by atoms with Gasteiger partial charge >= 0.3 is 0 Å². The second-order valence-corrected chi connectivity index (χ2v) is 2.92. The number of hydrogen-bond acceptors (Lipinski definition) is 0. The molecule has 0 radical (unpaired) electrons. The van der Waals surface area contributed by atoms with Crippen LogP contribution in [-0.2, 0) is 0 Å². The minimum absolute atomic E-state index is 0.755. The van der Waals surface area contributed by atoms with E-state index in [-0.39, 0.29) is 0 Å². The van der Waals surface area contributed by atoms with Crippen molar-refractivity contribution in [3.8, 4) is 0 Å². The second kappa shape index (κ2) is 5.82. The first-order valence-electron chi connectivity index (χ1n) is 3.36. The van der Waals surface area contributed by atoms with Crippen molar-refractivity contribution >= 4 is 23.2 Å². The van der Waals surface area contributed by atoms with Gasteiger partial charge in [0.2, 0.25) is 0 Å². The topological polar surface area (TPSA) is 0 Å². The van der Waals surface area contributed by atoms with Gasteiger partial charge in [-0.05, 0) is 13.3 Å². The van der Waals surface area contributed by atoms with Crippen LogP contribution >= 0.6 is 23.2 Å². The summed E-state index contributed by atoms with van der Waals surface area (Å²) in [6.07, 6.45) is 5.45. The zero-order valence-corrected chi connectivity index (χ0v) is 7.84. The summed E-state index contributed by atoms with van der Waals surface area (Å²) in [6, 6.07) is 0. The summed E-state index contributed by atoms with van der Waals surface area (Å²) in [4.78, 5) is 0. The fourth-order valence-corrected chi connectivity index (χ4v) is 0.625. The molecule has 0 nitrogen and oxygen atoms in total. The molecular weight excluding hydrogens is 167 g/mol. The fraction of sp³-hybridized carbons (Fsp3) is 0.500. The van der Waals surface area contributed by atoms with Crippen LogP contribution in [0.2, 0.25) is 0 Å². The first-order chi connectivity index (χ1) is 4.70. The van der Waals surface area contributed by atoms with Crippen LogP contribution in [0.15, 0.2) is 22.2 Å². The minimum Gasteiger partial charge on any atom is -0.0895 e. The third-order valence-corrected chi connectivity index (χ3v) is 1.96. The van der Waals surface area contributed by atoms with Gasteiger partial charge in [-0.2, -0.15) is 0 Å². The van der Waals surface area contributed by atoms with Gasteiger partial charge in [0.05, 0.1) is 0 Å². The van der Waals surface area contributed by atoms with Crippen molar-refractivity contribution < 1.29 is 0 Å². The first-order valence-corrected chi connectivity index (χ1v) is 4.11. The van der Waals surface area contributed by atoms with Crippen LogP contribution in [0.4, 0.5) is 0 Å². The van der Waals surface area contributed by atoms with Crippen LogP contribution in [0, 0.1) is 0 Å². The fourth-order valence-electron chi connectivity index (χ4n) is 0.470. The van der Waals surface area contributed by atoms with Crippen molar-refractivity contribution in [2.75, 3.05) is 0 Å². The van der Waals surface area contributed by atoms with E-state index in [4.69, 9.17) is 23.2 Å². The Labute approximate surface area is 72.5 Å². The zero-order chi connectivity index (χ0) is 7.98.